The zero-order valence-corrected chi connectivity index (χ0v) is 12.6. The molecule has 2 aromatic rings. The molecule has 0 saturated heterocycles. The Kier molecular flexibility index (Phi) is 3.24. The second kappa shape index (κ2) is 5.24. The third-order valence-corrected chi connectivity index (χ3v) is 5.11. The van der Waals surface area contributed by atoms with E-state index in [2.05, 4.69) is 16.3 Å². The number of ether oxygens (including phenoxy) is 2. The summed E-state index contributed by atoms with van der Waals surface area (Å²) in [5.74, 6) is 1.58. The van der Waals surface area contributed by atoms with E-state index in [-0.39, 0.29) is 0 Å². The summed E-state index contributed by atoms with van der Waals surface area (Å²) in [7, 11) is 0. The first-order valence-electron chi connectivity index (χ1n) is 7.25. The van der Waals surface area contributed by atoms with Gasteiger partial charge in [0.2, 0.25) is 0 Å². The average molecular weight is 302 g/mol. The van der Waals surface area contributed by atoms with Crippen molar-refractivity contribution in [2.75, 3.05) is 25.5 Å². The van der Waals surface area contributed by atoms with Gasteiger partial charge >= 0.3 is 0 Å². The van der Waals surface area contributed by atoms with Crippen molar-refractivity contribution >= 4 is 17.0 Å². The Labute approximate surface area is 128 Å². The van der Waals surface area contributed by atoms with Crippen LogP contribution in [0.5, 0.6) is 11.5 Å². The smallest absolute Gasteiger partial charge is 0.163 e. The van der Waals surface area contributed by atoms with E-state index in [0.717, 1.165) is 48.8 Å². The van der Waals surface area contributed by atoms with Crippen LogP contribution in [-0.4, -0.2) is 24.7 Å². The minimum atomic E-state index is 0.596. The maximum Gasteiger partial charge on any atom is 0.163 e. The first kappa shape index (κ1) is 13.0. The number of hydrogen-bond acceptors (Lipinski definition) is 5. The molecule has 0 amide bonds. The Hall–Kier alpha value is -1.72. The van der Waals surface area contributed by atoms with Crippen LogP contribution in [0.2, 0.25) is 0 Å². The molecule has 4 rings (SSSR count). The van der Waals surface area contributed by atoms with Gasteiger partial charge in [-0.3, -0.25) is 4.90 Å². The molecule has 0 radical (unpaired) electrons. The van der Waals surface area contributed by atoms with E-state index in [0.29, 0.717) is 13.2 Å². The van der Waals surface area contributed by atoms with E-state index < -0.39 is 0 Å². The fourth-order valence-electron chi connectivity index (χ4n) is 2.97. The quantitative estimate of drug-likeness (QED) is 0.867. The summed E-state index contributed by atoms with van der Waals surface area (Å²) in [6, 6.07) is 6.16. The predicted octanol–water partition coefficient (Wildman–Crippen LogP) is 2.66. The molecule has 2 aliphatic rings. The van der Waals surface area contributed by atoms with Gasteiger partial charge in [0.25, 0.3) is 0 Å². The molecule has 2 N–H and O–H groups in total. The first-order valence-corrected chi connectivity index (χ1v) is 8.13. The van der Waals surface area contributed by atoms with Crippen molar-refractivity contribution in [2.45, 2.75) is 19.5 Å². The number of rotatable bonds is 2. The van der Waals surface area contributed by atoms with Crippen molar-refractivity contribution in [3.8, 4) is 11.5 Å². The van der Waals surface area contributed by atoms with Gasteiger partial charge in [0.05, 0.1) is 0 Å². The molecule has 0 spiro atoms. The molecule has 0 aliphatic carbocycles. The lowest BCUT2D eigenvalue weighted by Crippen LogP contribution is -2.29. The van der Waals surface area contributed by atoms with Gasteiger partial charge in [-0.1, -0.05) is 0 Å². The van der Waals surface area contributed by atoms with Gasteiger partial charge in [-0.15, -0.1) is 11.3 Å². The summed E-state index contributed by atoms with van der Waals surface area (Å²) in [5, 5.41) is 2.19. The molecule has 2 aliphatic heterocycles. The molecular weight excluding hydrogens is 284 g/mol. The number of nitrogens with two attached hydrogens (primary N) is 1. The van der Waals surface area contributed by atoms with E-state index >= 15 is 0 Å². The van der Waals surface area contributed by atoms with E-state index in [1.54, 1.807) is 0 Å². The third-order valence-electron chi connectivity index (χ3n) is 4.08. The third kappa shape index (κ3) is 2.47. The highest BCUT2D eigenvalue weighted by Crippen LogP contribution is 2.35. The Morgan fingerprint density at radius 3 is 2.86 bits per heavy atom. The van der Waals surface area contributed by atoms with Gasteiger partial charge in [-0.25, -0.2) is 0 Å². The lowest BCUT2D eigenvalue weighted by Gasteiger charge is -2.28. The van der Waals surface area contributed by atoms with Crippen molar-refractivity contribution in [1.29, 1.82) is 0 Å². The van der Waals surface area contributed by atoms with Gasteiger partial charge in [0, 0.05) is 36.3 Å². The molecule has 1 aromatic carbocycles. The number of nitrogen functional groups attached to an aromatic ring is 1. The van der Waals surface area contributed by atoms with Gasteiger partial charge in [-0.2, -0.15) is 0 Å². The molecule has 0 saturated carbocycles. The largest absolute Gasteiger partial charge is 0.486 e. The van der Waals surface area contributed by atoms with Crippen LogP contribution in [0.25, 0.3) is 0 Å². The zero-order valence-electron chi connectivity index (χ0n) is 11.8. The van der Waals surface area contributed by atoms with E-state index in [1.165, 1.54) is 10.4 Å². The molecule has 110 valence electrons. The maximum atomic E-state index is 6.18. The van der Waals surface area contributed by atoms with Crippen LogP contribution in [-0.2, 0) is 19.5 Å². The minimum Gasteiger partial charge on any atom is -0.486 e. The van der Waals surface area contributed by atoms with Gasteiger partial charge in [-0.05, 0) is 35.1 Å². The molecule has 3 heterocycles. The SMILES string of the molecule is Nc1cc2c(cc1CN1CCc3sccc3C1)OCCO2. The fourth-order valence-corrected chi connectivity index (χ4v) is 3.86. The Bertz CT molecular complexity index is 668. The van der Waals surface area contributed by atoms with Crippen molar-refractivity contribution in [2.24, 2.45) is 0 Å². The van der Waals surface area contributed by atoms with Crippen molar-refractivity contribution in [3.63, 3.8) is 0 Å². The standard InChI is InChI=1S/C16H18N2O2S/c17-13-8-15-14(19-4-5-20-15)7-12(13)10-18-3-1-16-11(9-18)2-6-21-16/h2,6-8H,1,3-5,9-10,17H2. The van der Waals surface area contributed by atoms with Crippen molar-refractivity contribution in [3.05, 3.63) is 39.6 Å². The van der Waals surface area contributed by atoms with Gasteiger partial charge in [0.15, 0.2) is 11.5 Å². The molecule has 5 heteroatoms. The summed E-state index contributed by atoms with van der Waals surface area (Å²) >= 11 is 1.87. The van der Waals surface area contributed by atoms with Crippen LogP contribution in [0.3, 0.4) is 0 Å². The maximum absolute atomic E-state index is 6.18. The highest BCUT2D eigenvalue weighted by molar-refractivity contribution is 7.10. The molecule has 21 heavy (non-hydrogen) atoms. The molecule has 0 fully saturated rings. The number of nitrogens with zero attached hydrogens (tertiary/aromatic N) is 1. The lowest BCUT2D eigenvalue weighted by molar-refractivity contribution is 0.171. The summed E-state index contributed by atoms with van der Waals surface area (Å²) in [5.41, 5.74) is 9.55. The normalized spacial score (nSPS) is 17.5. The zero-order chi connectivity index (χ0) is 14.2. The molecule has 0 bridgehead atoms. The van der Waals surface area contributed by atoms with Crippen LogP contribution in [0.15, 0.2) is 23.6 Å². The number of thiophene rings is 1. The summed E-state index contributed by atoms with van der Waals surface area (Å²) in [4.78, 5) is 3.97. The molecule has 0 unspecified atom stereocenters. The highest BCUT2D eigenvalue weighted by Gasteiger charge is 2.20. The monoisotopic (exact) mass is 302 g/mol. The molecule has 4 nitrogen and oxygen atoms in total. The predicted molar refractivity (Wildman–Crippen MR) is 84.0 cm³/mol. The Balaban J connectivity index is 1.55. The van der Waals surface area contributed by atoms with Crippen LogP contribution in [0, 0.1) is 0 Å². The number of benzene rings is 1. The van der Waals surface area contributed by atoms with Crippen LogP contribution >= 0.6 is 11.3 Å². The Morgan fingerprint density at radius 1 is 1.19 bits per heavy atom. The van der Waals surface area contributed by atoms with E-state index in [1.807, 2.05) is 23.5 Å². The van der Waals surface area contributed by atoms with E-state index in [9.17, 15) is 0 Å². The fraction of sp³-hybridized carbons (Fsp3) is 0.375. The number of hydrogen-bond donors (Lipinski definition) is 1. The van der Waals surface area contributed by atoms with Gasteiger partial charge in [0.1, 0.15) is 13.2 Å². The molecule has 0 atom stereocenters. The van der Waals surface area contributed by atoms with Crippen molar-refractivity contribution < 1.29 is 9.47 Å². The molecular formula is C16H18N2O2S. The summed E-state index contributed by atoms with van der Waals surface area (Å²) in [6.45, 7) is 4.16. The van der Waals surface area contributed by atoms with E-state index in [4.69, 9.17) is 15.2 Å². The van der Waals surface area contributed by atoms with Crippen LogP contribution in [0.1, 0.15) is 16.0 Å². The minimum absolute atomic E-state index is 0.596. The Morgan fingerprint density at radius 2 is 2.00 bits per heavy atom. The summed E-state index contributed by atoms with van der Waals surface area (Å²) < 4.78 is 11.2. The van der Waals surface area contributed by atoms with Crippen molar-refractivity contribution in [1.82, 2.24) is 4.90 Å². The second-order valence-corrected chi connectivity index (χ2v) is 6.53. The summed E-state index contributed by atoms with van der Waals surface area (Å²) in [6.07, 6.45) is 1.14. The van der Waals surface area contributed by atoms with Crippen LogP contribution in [0.4, 0.5) is 5.69 Å². The highest BCUT2D eigenvalue weighted by atomic mass is 32.1. The van der Waals surface area contributed by atoms with Gasteiger partial charge < -0.3 is 15.2 Å². The number of anilines is 1. The average Bonchev–Trinajstić information content (AvgIpc) is 2.95. The number of fused-ring (bicyclic) bond motifs is 2. The van der Waals surface area contributed by atoms with Crippen LogP contribution < -0.4 is 15.2 Å². The molecule has 1 aromatic heterocycles. The topological polar surface area (TPSA) is 47.7 Å². The first-order chi connectivity index (χ1) is 10.3. The second-order valence-electron chi connectivity index (χ2n) is 5.52. The lowest BCUT2D eigenvalue weighted by atomic mass is 10.1.